The van der Waals surface area contributed by atoms with Gasteiger partial charge in [-0.25, -0.2) is 4.39 Å². The zero-order valence-electron chi connectivity index (χ0n) is 9.56. The number of benzene rings is 1. The molecule has 17 heavy (non-hydrogen) atoms. The van der Waals surface area contributed by atoms with E-state index in [4.69, 9.17) is 0 Å². The van der Waals surface area contributed by atoms with E-state index in [1.165, 1.54) is 18.2 Å². The van der Waals surface area contributed by atoms with Crippen LogP contribution in [-0.2, 0) is 15.6 Å². The van der Waals surface area contributed by atoms with Gasteiger partial charge in [-0.3, -0.25) is 9.00 Å². The highest BCUT2D eigenvalue weighted by Crippen LogP contribution is 2.25. The molecule has 1 aliphatic carbocycles. The Morgan fingerprint density at radius 3 is 2.71 bits per heavy atom. The number of rotatable bonds is 4. The first-order valence-electron chi connectivity index (χ1n) is 5.48. The van der Waals surface area contributed by atoms with Crippen molar-refractivity contribution < 1.29 is 13.4 Å². The molecule has 1 amide bonds. The van der Waals surface area contributed by atoms with Crippen molar-refractivity contribution in [2.24, 2.45) is 0 Å². The van der Waals surface area contributed by atoms with Crippen molar-refractivity contribution in [2.75, 3.05) is 12.8 Å². The van der Waals surface area contributed by atoms with E-state index in [1.807, 2.05) is 0 Å². The highest BCUT2D eigenvalue weighted by molar-refractivity contribution is 7.85. The number of carbonyl (C=O) groups is 1. The lowest BCUT2D eigenvalue weighted by molar-refractivity contribution is -0.127. The number of carbonyl (C=O) groups excluding carboxylic acids is 1. The van der Waals surface area contributed by atoms with Gasteiger partial charge in [0.05, 0.1) is 15.7 Å². The Morgan fingerprint density at radius 2 is 2.12 bits per heavy atom. The minimum absolute atomic E-state index is 0.102. The lowest BCUT2D eigenvalue weighted by Gasteiger charge is -2.15. The quantitative estimate of drug-likeness (QED) is 0.818. The molecule has 1 fully saturated rings. The second-order valence-corrected chi connectivity index (χ2v) is 5.58. The van der Waals surface area contributed by atoms with Gasteiger partial charge in [0.15, 0.2) is 0 Å². The van der Waals surface area contributed by atoms with E-state index in [2.05, 4.69) is 0 Å². The molecule has 3 nitrogen and oxygen atoms in total. The second kappa shape index (κ2) is 4.96. The third-order valence-electron chi connectivity index (χ3n) is 2.82. The summed E-state index contributed by atoms with van der Waals surface area (Å²) in [7, 11) is 0.106. The molecule has 0 N–H and O–H groups in total. The Balaban J connectivity index is 2.01. The van der Waals surface area contributed by atoms with E-state index < -0.39 is 16.6 Å². The minimum atomic E-state index is -1.60. The van der Waals surface area contributed by atoms with Crippen LogP contribution in [0.3, 0.4) is 0 Å². The molecule has 1 atom stereocenters. The monoisotopic (exact) mass is 255 g/mol. The second-order valence-electron chi connectivity index (χ2n) is 4.16. The minimum Gasteiger partial charge on any atom is -0.342 e. The Labute approximate surface area is 102 Å². The van der Waals surface area contributed by atoms with Crippen LogP contribution in [0.5, 0.6) is 0 Å². The summed E-state index contributed by atoms with van der Waals surface area (Å²) in [4.78, 5) is 13.4. The number of nitrogens with zero attached hydrogens (tertiary/aromatic N) is 1. The van der Waals surface area contributed by atoms with E-state index in [0.29, 0.717) is 6.04 Å². The molecule has 1 aromatic carbocycles. The average Bonchev–Trinajstić information content (AvgIpc) is 3.12. The molecular formula is C12H14FNO2S. The lowest BCUT2D eigenvalue weighted by atomic mass is 10.3. The number of hydrogen-bond acceptors (Lipinski definition) is 2. The average molecular weight is 255 g/mol. The Bertz CT molecular complexity index is 460. The maximum Gasteiger partial charge on any atom is 0.235 e. The molecule has 1 unspecified atom stereocenters. The molecule has 0 bridgehead atoms. The summed E-state index contributed by atoms with van der Waals surface area (Å²) in [6.45, 7) is 0. The van der Waals surface area contributed by atoms with Gasteiger partial charge in [0, 0.05) is 13.1 Å². The van der Waals surface area contributed by atoms with E-state index in [9.17, 15) is 13.4 Å². The Kier molecular flexibility index (Phi) is 3.57. The first-order chi connectivity index (χ1) is 8.09. The maximum absolute atomic E-state index is 13.3. The summed E-state index contributed by atoms with van der Waals surface area (Å²) in [5, 5.41) is 0. The highest BCUT2D eigenvalue weighted by atomic mass is 32.2. The van der Waals surface area contributed by atoms with Gasteiger partial charge >= 0.3 is 0 Å². The SMILES string of the molecule is CN(C(=O)CS(=O)c1ccccc1F)C1CC1. The molecule has 1 aromatic rings. The van der Waals surface area contributed by atoms with Crippen LogP contribution in [-0.4, -0.2) is 33.9 Å². The van der Waals surface area contributed by atoms with Crippen molar-refractivity contribution in [1.29, 1.82) is 0 Å². The van der Waals surface area contributed by atoms with Gasteiger partial charge in [0.1, 0.15) is 11.6 Å². The molecule has 0 heterocycles. The smallest absolute Gasteiger partial charge is 0.235 e. The van der Waals surface area contributed by atoms with Gasteiger partial charge in [0.25, 0.3) is 0 Å². The molecule has 0 radical (unpaired) electrons. The van der Waals surface area contributed by atoms with Crippen molar-refractivity contribution in [3.05, 3.63) is 30.1 Å². The first kappa shape index (κ1) is 12.2. The van der Waals surface area contributed by atoms with Gasteiger partial charge in [-0.2, -0.15) is 0 Å². The van der Waals surface area contributed by atoms with Gasteiger partial charge in [-0.15, -0.1) is 0 Å². The summed E-state index contributed by atoms with van der Waals surface area (Å²) < 4.78 is 25.2. The largest absolute Gasteiger partial charge is 0.342 e. The molecule has 0 aliphatic heterocycles. The molecule has 0 aromatic heterocycles. The van der Waals surface area contributed by atoms with Crippen LogP contribution in [0, 0.1) is 5.82 Å². The van der Waals surface area contributed by atoms with Crippen molar-refractivity contribution >= 4 is 16.7 Å². The van der Waals surface area contributed by atoms with Gasteiger partial charge in [0.2, 0.25) is 5.91 Å². The highest BCUT2D eigenvalue weighted by Gasteiger charge is 2.30. The van der Waals surface area contributed by atoms with Gasteiger partial charge in [-0.05, 0) is 25.0 Å². The number of halogens is 1. The van der Waals surface area contributed by atoms with Crippen molar-refractivity contribution in [3.63, 3.8) is 0 Å². The standard InChI is InChI=1S/C12H14FNO2S/c1-14(9-6-7-9)12(15)8-17(16)11-5-3-2-4-10(11)13/h2-5,9H,6-8H2,1H3. The van der Waals surface area contributed by atoms with Crippen LogP contribution < -0.4 is 0 Å². The summed E-state index contributed by atoms with van der Waals surface area (Å²) in [6, 6.07) is 6.15. The fourth-order valence-electron chi connectivity index (χ4n) is 1.59. The Morgan fingerprint density at radius 1 is 1.47 bits per heavy atom. The lowest BCUT2D eigenvalue weighted by Crippen LogP contribution is -2.32. The van der Waals surface area contributed by atoms with Crippen LogP contribution in [0.25, 0.3) is 0 Å². The van der Waals surface area contributed by atoms with Crippen molar-refractivity contribution in [3.8, 4) is 0 Å². The van der Waals surface area contributed by atoms with E-state index in [0.717, 1.165) is 12.8 Å². The molecule has 1 aliphatic rings. The third-order valence-corrected chi connectivity index (χ3v) is 4.16. The normalized spacial score (nSPS) is 16.6. The van der Waals surface area contributed by atoms with Crippen molar-refractivity contribution in [2.45, 2.75) is 23.8 Å². The topological polar surface area (TPSA) is 37.4 Å². The fraction of sp³-hybridized carbons (Fsp3) is 0.417. The molecule has 92 valence electrons. The third kappa shape index (κ3) is 2.91. The zero-order chi connectivity index (χ0) is 12.4. The predicted octanol–water partition coefficient (Wildman–Crippen LogP) is 1.55. The molecule has 2 rings (SSSR count). The number of amides is 1. The summed E-state index contributed by atoms with van der Waals surface area (Å²) in [6.07, 6.45) is 2.02. The van der Waals surface area contributed by atoms with Gasteiger partial charge < -0.3 is 4.90 Å². The van der Waals surface area contributed by atoms with Crippen LogP contribution in [0.4, 0.5) is 4.39 Å². The van der Waals surface area contributed by atoms with Crippen LogP contribution in [0.2, 0.25) is 0 Å². The predicted molar refractivity (Wildman–Crippen MR) is 63.5 cm³/mol. The van der Waals surface area contributed by atoms with E-state index >= 15 is 0 Å². The fourth-order valence-corrected chi connectivity index (χ4v) is 2.69. The molecule has 0 saturated heterocycles. The molecule has 0 spiro atoms. The Hall–Kier alpha value is -1.23. The van der Waals surface area contributed by atoms with Gasteiger partial charge in [-0.1, -0.05) is 12.1 Å². The van der Waals surface area contributed by atoms with Crippen LogP contribution in [0.1, 0.15) is 12.8 Å². The van der Waals surface area contributed by atoms with E-state index in [1.54, 1.807) is 18.0 Å². The number of hydrogen-bond donors (Lipinski definition) is 0. The molecule has 5 heteroatoms. The van der Waals surface area contributed by atoms with Crippen LogP contribution in [0.15, 0.2) is 29.2 Å². The van der Waals surface area contributed by atoms with Crippen molar-refractivity contribution in [1.82, 2.24) is 4.90 Å². The maximum atomic E-state index is 13.3. The van der Waals surface area contributed by atoms with Crippen LogP contribution >= 0.6 is 0 Å². The first-order valence-corrected chi connectivity index (χ1v) is 6.80. The zero-order valence-corrected chi connectivity index (χ0v) is 10.4. The summed E-state index contributed by atoms with van der Waals surface area (Å²) in [5.41, 5.74) is 0. The molecular weight excluding hydrogens is 241 g/mol. The summed E-state index contributed by atoms with van der Waals surface area (Å²) >= 11 is 0. The van der Waals surface area contributed by atoms with E-state index in [-0.39, 0.29) is 16.6 Å². The summed E-state index contributed by atoms with van der Waals surface area (Å²) in [5.74, 6) is -0.852. The molecule has 1 saturated carbocycles.